The third kappa shape index (κ3) is 4.45. The zero-order chi connectivity index (χ0) is 19.6. The van der Waals surface area contributed by atoms with Crippen molar-refractivity contribution in [2.24, 2.45) is 0 Å². The van der Waals surface area contributed by atoms with Crippen molar-refractivity contribution in [3.8, 4) is 17.0 Å². The van der Waals surface area contributed by atoms with Gasteiger partial charge in [-0.05, 0) is 42.5 Å². The van der Waals surface area contributed by atoms with Gasteiger partial charge in [-0.25, -0.2) is 8.42 Å². The molecule has 0 radical (unpaired) electrons. The van der Waals surface area contributed by atoms with Gasteiger partial charge in [-0.2, -0.15) is 0 Å². The first kappa shape index (κ1) is 18.9. The topological polar surface area (TPSA) is 96.4 Å². The first-order chi connectivity index (χ1) is 12.7. The maximum absolute atomic E-state index is 12.5. The highest BCUT2D eigenvalue weighted by Crippen LogP contribution is 2.28. The van der Waals surface area contributed by atoms with Crippen LogP contribution in [-0.4, -0.2) is 30.7 Å². The van der Waals surface area contributed by atoms with Gasteiger partial charge in [0, 0.05) is 29.8 Å². The first-order valence-corrected chi connectivity index (χ1v) is 10.1. The van der Waals surface area contributed by atoms with E-state index in [2.05, 4.69) is 10.3 Å². The fourth-order valence-corrected chi connectivity index (χ4v) is 3.45. The number of hydrogen-bond acceptors (Lipinski definition) is 5. The molecular formula is C19H15ClN2O4S. The van der Waals surface area contributed by atoms with Gasteiger partial charge in [0.2, 0.25) is 0 Å². The molecule has 27 heavy (non-hydrogen) atoms. The number of nitrogens with zero attached hydrogens (tertiary/aromatic N) is 1. The smallest absolute Gasteiger partial charge is 0.257 e. The molecule has 0 aliphatic carbocycles. The molecule has 3 rings (SSSR count). The highest BCUT2D eigenvalue weighted by molar-refractivity contribution is 7.90. The van der Waals surface area contributed by atoms with Gasteiger partial charge < -0.3 is 10.4 Å². The quantitative estimate of drug-likeness (QED) is 0.692. The number of carbonyl (C=O) groups is 1. The van der Waals surface area contributed by atoms with E-state index in [9.17, 15) is 18.3 Å². The second kappa shape index (κ2) is 7.38. The lowest BCUT2D eigenvalue weighted by atomic mass is 10.1. The number of phenolic OH excluding ortho intramolecular Hbond substituents is 1. The molecule has 1 heterocycles. The summed E-state index contributed by atoms with van der Waals surface area (Å²) in [6, 6.07) is 13.8. The molecule has 2 N–H and O–H groups in total. The van der Waals surface area contributed by atoms with Crippen molar-refractivity contribution >= 4 is 33.0 Å². The average Bonchev–Trinajstić information content (AvgIpc) is 2.61. The van der Waals surface area contributed by atoms with Crippen LogP contribution in [-0.2, 0) is 9.84 Å². The molecule has 1 amide bonds. The minimum atomic E-state index is -3.42. The van der Waals surface area contributed by atoms with Crippen LogP contribution in [0.1, 0.15) is 10.4 Å². The normalized spacial score (nSPS) is 11.2. The van der Waals surface area contributed by atoms with Crippen LogP contribution in [0.25, 0.3) is 11.3 Å². The number of anilines is 1. The minimum absolute atomic E-state index is 0.0144. The van der Waals surface area contributed by atoms with Crippen molar-refractivity contribution in [2.45, 2.75) is 4.90 Å². The zero-order valence-electron chi connectivity index (χ0n) is 14.2. The number of phenols is 1. The molecule has 0 fully saturated rings. The maximum Gasteiger partial charge on any atom is 0.257 e. The molecule has 0 aliphatic heterocycles. The van der Waals surface area contributed by atoms with Gasteiger partial charge in [-0.3, -0.25) is 9.78 Å². The van der Waals surface area contributed by atoms with E-state index in [0.29, 0.717) is 16.9 Å². The number of pyridine rings is 1. The van der Waals surface area contributed by atoms with E-state index < -0.39 is 15.7 Å². The Balaban J connectivity index is 1.90. The van der Waals surface area contributed by atoms with Gasteiger partial charge in [-0.15, -0.1) is 0 Å². The summed E-state index contributed by atoms with van der Waals surface area (Å²) >= 11 is 6.07. The summed E-state index contributed by atoms with van der Waals surface area (Å²) in [5, 5.41) is 12.6. The molecule has 2 aromatic carbocycles. The lowest BCUT2D eigenvalue weighted by Crippen LogP contribution is -2.13. The summed E-state index contributed by atoms with van der Waals surface area (Å²) in [6.45, 7) is 0. The summed E-state index contributed by atoms with van der Waals surface area (Å²) in [6.07, 6.45) is 2.69. The van der Waals surface area contributed by atoms with Crippen molar-refractivity contribution in [3.63, 3.8) is 0 Å². The van der Waals surface area contributed by atoms with Crippen molar-refractivity contribution < 1.29 is 18.3 Å². The van der Waals surface area contributed by atoms with Crippen LogP contribution in [0, 0.1) is 0 Å². The van der Waals surface area contributed by atoms with Crippen LogP contribution in [0.2, 0.25) is 5.02 Å². The van der Waals surface area contributed by atoms with Gasteiger partial charge in [0.25, 0.3) is 5.91 Å². The number of rotatable bonds is 4. The van der Waals surface area contributed by atoms with Crippen LogP contribution < -0.4 is 5.32 Å². The van der Waals surface area contributed by atoms with Gasteiger partial charge in [-0.1, -0.05) is 17.7 Å². The van der Waals surface area contributed by atoms with Crippen molar-refractivity contribution in [1.82, 2.24) is 4.98 Å². The number of aromatic nitrogens is 1. The molecule has 8 heteroatoms. The number of aromatic hydroxyl groups is 1. The number of nitrogens with one attached hydrogen (secondary N) is 1. The molecule has 0 spiro atoms. The third-order valence-corrected chi connectivity index (χ3v) is 5.17. The van der Waals surface area contributed by atoms with E-state index >= 15 is 0 Å². The fourth-order valence-electron chi connectivity index (χ4n) is 2.47. The standard InChI is InChI=1S/C19H15ClN2O4S/c1-27(25,26)15-5-6-16(17(20)11-15)19(24)22-13-8-12(9-14(23)10-13)18-4-2-3-7-21-18/h2-11,23H,1H3,(H,22,24). The predicted molar refractivity (Wildman–Crippen MR) is 104 cm³/mol. The van der Waals surface area contributed by atoms with Gasteiger partial charge in [0.15, 0.2) is 9.84 Å². The van der Waals surface area contributed by atoms with E-state index in [1.165, 1.54) is 30.3 Å². The molecule has 0 unspecified atom stereocenters. The number of halogens is 1. The average molecular weight is 403 g/mol. The number of carbonyl (C=O) groups excluding carboxylic acids is 1. The lowest BCUT2D eigenvalue weighted by molar-refractivity contribution is 0.102. The lowest BCUT2D eigenvalue weighted by Gasteiger charge is -2.10. The highest BCUT2D eigenvalue weighted by atomic mass is 35.5. The Hall–Kier alpha value is -2.90. The summed E-state index contributed by atoms with van der Waals surface area (Å²) < 4.78 is 23.1. The summed E-state index contributed by atoms with van der Waals surface area (Å²) in [5.41, 5.74) is 1.74. The second-order valence-corrected chi connectivity index (χ2v) is 8.27. The summed E-state index contributed by atoms with van der Waals surface area (Å²) in [7, 11) is -3.42. The van der Waals surface area contributed by atoms with Gasteiger partial charge in [0.1, 0.15) is 5.75 Å². The van der Waals surface area contributed by atoms with Crippen molar-refractivity contribution in [2.75, 3.05) is 11.6 Å². The molecule has 6 nitrogen and oxygen atoms in total. The second-order valence-electron chi connectivity index (χ2n) is 5.85. The van der Waals surface area contributed by atoms with Crippen molar-refractivity contribution in [1.29, 1.82) is 0 Å². The SMILES string of the molecule is CS(=O)(=O)c1ccc(C(=O)Nc2cc(O)cc(-c3ccccn3)c2)c(Cl)c1. The Labute approximate surface area is 161 Å². The largest absolute Gasteiger partial charge is 0.508 e. The predicted octanol–water partition coefficient (Wildman–Crippen LogP) is 3.76. The van der Waals surface area contributed by atoms with Crippen molar-refractivity contribution in [3.05, 3.63) is 71.4 Å². The van der Waals surface area contributed by atoms with Crippen LogP contribution in [0.3, 0.4) is 0 Å². The Morgan fingerprint density at radius 1 is 1.11 bits per heavy atom. The number of benzene rings is 2. The van der Waals surface area contributed by atoms with Crippen LogP contribution >= 0.6 is 11.6 Å². The molecule has 1 aromatic heterocycles. The number of sulfone groups is 1. The van der Waals surface area contributed by atoms with E-state index in [1.807, 2.05) is 6.07 Å². The van der Waals surface area contributed by atoms with Crippen LogP contribution in [0.15, 0.2) is 65.7 Å². The zero-order valence-corrected chi connectivity index (χ0v) is 15.8. The van der Waals surface area contributed by atoms with E-state index in [1.54, 1.807) is 24.4 Å². The van der Waals surface area contributed by atoms with Gasteiger partial charge >= 0.3 is 0 Å². The third-order valence-electron chi connectivity index (χ3n) is 3.75. The molecule has 138 valence electrons. The number of hydrogen-bond donors (Lipinski definition) is 2. The monoisotopic (exact) mass is 402 g/mol. The molecule has 0 bridgehead atoms. The van der Waals surface area contributed by atoms with Crippen LogP contribution in [0.4, 0.5) is 5.69 Å². The van der Waals surface area contributed by atoms with Gasteiger partial charge in [0.05, 0.1) is 21.2 Å². The molecule has 0 atom stereocenters. The molecule has 0 saturated heterocycles. The Morgan fingerprint density at radius 2 is 1.89 bits per heavy atom. The van der Waals surface area contributed by atoms with E-state index in [4.69, 9.17) is 11.6 Å². The molecule has 3 aromatic rings. The highest BCUT2D eigenvalue weighted by Gasteiger charge is 2.15. The fraction of sp³-hybridized carbons (Fsp3) is 0.0526. The Bertz CT molecular complexity index is 1120. The molecule has 0 saturated carbocycles. The Kier molecular flexibility index (Phi) is 5.16. The first-order valence-electron chi connectivity index (χ1n) is 7.80. The molecular weight excluding hydrogens is 388 g/mol. The van der Waals surface area contributed by atoms with E-state index in [0.717, 1.165) is 6.26 Å². The van der Waals surface area contributed by atoms with Crippen LogP contribution in [0.5, 0.6) is 5.75 Å². The van der Waals surface area contributed by atoms with E-state index in [-0.39, 0.29) is 21.2 Å². The summed E-state index contributed by atoms with van der Waals surface area (Å²) in [4.78, 5) is 16.8. The summed E-state index contributed by atoms with van der Waals surface area (Å²) in [5.74, 6) is -0.565. The Morgan fingerprint density at radius 3 is 2.52 bits per heavy atom. The number of amides is 1. The maximum atomic E-state index is 12.5. The minimum Gasteiger partial charge on any atom is -0.508 e. The molecule has 0 aliphatic rings.